The quantitative estimate of drug-likeness (QED) is 0.355. The minimum absolute atomic E-state index is 0.0353. The minimum atomic E-state index is -0.561. The van der Waals surface area contributed by atoms with E-state index in [0.717, 1.165) is 73.1 Å². The van der Waals surface area contributed by atoms with Crippen LogP contribution in [-0.2, 0) is 21.4 Å². The molecule has 3 aromatic rings. The fourth-order valence-corrected chi connectivity index (χ4v) is 6.72. The molecule has 1 N–H and O–H groups in total. The van der Waals surface area contributed by atoms with Crippen molar-refractivity contribution in [1.29, 1.82) is 0 Å². The third-order valence-corrected chi connectivity index (χ3v) is 8.82. The number of ketones is 1. The van der Waals surface area contributed by atoms with E-state index in [1.807, 2.05) is 31.7 Å². The number of amides is 1. The highest BCUT2D eigenvalue weighted by Gasteiger charge is 2.48. The average molecular weight is 539 g/mol. The number of thioether (sulfide) groups is 1. The van der Waals surface area contributed by atoms with Crippen molar-refractivity contribution >= 4 is 34.7 Å². The number of Topliss-reactive ketones (excluding diaryl/α,β-unsaturated/α-hetero) is 1. The number of alkyl carbamates (subject to hydrolysis) is 1. The summed E-state index contributed by atoms with van der Waals surface area (Å²) >= 11 is 1.53. The molecule has 10 nitrogen and oxygen atoms in total. The summed E-state index contributed by atoms with van der Waals surface area (Å²) in [6.07, 6.45) is 11.0. The van der Waals surface area contributed by atoms with Gasteiger partial charge in [0.2, 0.25) is 0 Å². The zero-order valence-electron chi connectivity index (χ0n) is 22.4. The lowest BCUT2D eigenvalue weighted by molar-refractivity contribution is -0.128. The van der Waals surface area contributed by atoms with Gasteiger partial charge in [-0.05, 0) is 72.0 Å². The van der Waals surface area contributed by atoms with E-state index in [0.29, 0.717) is 23.6 Å². The van der Waals surface area contributed by atoms with Gasteiger partial charge in [0.25, 0.3) is 0 Å². The Kier molecular flexibility index (Phi) is 6.24. The Morgan fingerprint density at radius 1 is 1.18 bits per heavy atom. The Hall–Kier alpha value is -2.95. The van der Waals surface area contributed by atoms with Gasteiger partial charge in [-0.1, -0.05) is 11.6 Å². The van der Waals surface area contributed by atoms with Crippen molar-refractivity contribution in [3.05, 3.63) is 17.5 Å². The van der Waals surface area contributed by atoms with Gasteiger partial charge in [-0.25, -0.2) is 19.4 Å². The Morgan fingerprint density at radius 3 is 2.71 bits per heavy atom. The van der Waals surface area contributed by atoms with Crippen molar-refractivity contribution in [2.45, 2.75) is 107 Å². The highest BCUT2D eigenvalue weighted by atomic mass is 32.2. The normalized spacial score (nSPS) is 25.3. The number of nitrogens with one attached hydrogen (secondary N) is 1. The molecule has 3 aliphatic rings. The van der Waals surface area contributed by atoms with Gasteiger partial charge in [-0.3, -0.25) is 4.79 Å². The first kappa shape index (κ1) is 25.3. The number of carbonyl (C=O) groups excluding carboxylic acids is 2. The molecule has 2 fully saturated rings. The number of aromatic nitrogens is 5. The van der Waals surface area contributed by atoms with E-state index in [-0.39, 0.29) is 17.9 Å². The number of hydrogen-bond acceptors (Lipinski definition) is 9. The molecule has 3 heterocycles. The predicted molar refractivity (Wildman–Crippen MR) is 142 cm³/mol. The third-order valence-electron chi connectivity index (χ3n) is 8.12. The highest BCUT2D eigenvalue weighted by Crippen LogP contribution is 2.47. The molecule has 0 aromatic carbocycles. The molecule has 3 atom stereocenters. The highest BCUT2D eigenvalue weighted by molar-refractivity contribution is 7.98. The molecule has 3 aromatic heterocycles. The standard InChI is InChI=1S/C27H34N6O4S/c1-26(2,3)36-25(35)29-17-10-11-18(17)33-23-16(14-28-33)24(38-4)31-22(30-23)20-15-8-7-13-27(21(15)37-32-20)12-6-5-9-19(27)34/h14,17-18H,5-13H2,1-4H3,(H,29,35)/t17-,18-,27+/m0/s1. The summed E-state index contributed by atoms with van der Waals surface area (Å²) in [4.78, 5) is 35.3. The summed E-state index contributed by atoms with van der Waals surface area (Å²) in [5, 5.41) is 13.8. The molecule has 1 amide bonds. The second-order valence-electron chi connectivity index (χ2n) is 11.7. The second kappa shape index (κ2) is 9.36. The van der Waals surface area contributed by atoms with Gasteiger partial charge in [0, 0.05) is 12.0 Å². The maximum absolute atomic E-state index is 13.1. The Bertz CT molecular complexity index is 1410. The maximum Gasteiger partial charge on any atom is 0.407 e. The van der Waals surface area contributed by atoms with Gasteiger partial charge < -0.3 is 14.6 Å². The van der Waals surface area contributed by atoms with E-state index in [4.69, 9.17) is 19.2 Å². The molecule has 202 valence electrons. The van der Waals surface area contributed by atoms with Crippen LogP contribution in [0.2, 0.25) is 0 Å². The van der Waals surface area contributed by atoms with Crippen LogP contribution >= 0.6 is 11.8 Å². The average Bonchev–Trinajstić information content (AvgIpc) is 3.48. The van der Waals surface area contributed by atoms with E-state index in [1.54, 1.807) is 6.20 Å². The van der Waals surface area contributed by atoms with Gasteiger partial charge in [0.05, 0.1) is 29.1 Å². The van der Waals surface area contributed by atoms with Crippen molar-refractivity contribution < 1.29 is 18.8 Å². The summed E-state index contributed by atoms with van der Waals surface area (Å²) in [7, 11) is 0. The molecule has 11 heteroatoms. The predicted octanol–water partition coefficient (Wildman–Crippen LogP) is 5.15. The van der Waals surface area contributed by atoms with E-state index < -0.39 is 17.1 Å². The molecule has 38 heavy (non-hydrogen) atoms. The van der Waals surface area contributed by atoms with Crippen molar-refractivity contribution in [1.82, 2.24) is 30.2 Å². The first-order chi connectivity index (χ1) is 18.2. The van der Waals surface area contributed by atoms with Crippen LogP contribution in [0, 0.1) is 0 Å². The molecule has 0 unspecified atom stereocenters. The summed E-state index contributed by atoms with van der Waals surface area (Å²) in [5.41, 5.74) is 1.19. The molecule has 0 radical (unpaired) electrons. The molecule has 0 bridgehead atoms. The number of ether oxygens (including phenoxy) is 1. The zero-order chi connectivity index (χ0) is 26.7. The van der Waals surface area contributed by atoms with Crippen LogP contribution in [0.4, 0.5) is 4.79 Å². The SMILES string of the molecule is CSc1nc(-c2noc3c2CCC[C@@]32CCCCC2=O)nc2c1cnn2[C@H]1CC[C@@H]1NC(=O)OC(C)(C)C. The fourth-order valence-electron chi connectivity index (χ4n) is 6.18. The topological polar surface area (TPSA) is 125 Å². The van der Waals surface area contributed by atoms with E-state index in [1.165, 1.54) is 11.8 Å². The molecular weight excluding hydrogens is 504 g/mol. The maximum atomic E-state index is 13.1. The van der Waals surface area contributed by atoms with Crippen LogP contribution in [0.25, 0.3) is 22.6 Å². The van der Waals surface area contributed by atoms with Gasteiger partial charge >= 0.3 is 6.09 Å². The fraction of sp³-hybridized carbons (Fsp3) is 0.630. The Labute approximate surface area is 225 Å². The molecule has 3 aliphatic carbocycles. The molecule has 0 saturated heterocycles. The Morgan fingerprint density at radius 2 is 2.00 bits per heavy atom. The molecular formula is C27H34N6O4S. The zero-order valence-corrected chi connectivity index (χ0v) is 23.2. The summed E-state index contributed by atoms with van der Waals surface area (Å²) in [6, 6.07) is -0.132. The molecule has 2 saturated carbocycles. The van der Waals surface area contributed by atoms with Crippen molar-refractivity contribution in [3.8, 4) is 11.5 Å². The number of fused-ring (bicyclic) bond motifs is 3. The lowest BCUT2D eigenvalue weighted by atomic mass is 9.64. The minimum Gasteiger partial charge on any atom is -0.444 e. The van der Waals surface area contributed by atoms with Crippen LogP contribution in [0.5, 0.6) is 0 Å². The van der Waals surface area contributed by atoms with Crippen LogP contribution in [0.3, 0.4) is 0 Å². The summed E-state index contributed by atoms with van der Waals surface area (Å²) in [5.74, 6) is 1.50. The van der Waals surface area contributed by atoms with Crippen LogP contribution in [-0.4, -0.2) is 54.7 Å². The first-order valence-electron chi connectivity index (χ1n) is 13.5. The van der Waals surface area contributed by atoms with Gasteiger partial charge in [-0.15, -0.1) is 11.8 Å². The van der Waals surface area contributed by atoms with Crippen molar-refractivity contribution in [3.63, 3.8) is 0 Å². The summed E-state index contributed by atoms with van der Waals surface area (Å²) in [6.45, 7) is 5.55. The van der Waals surface area contributed by atoms with Crippen LogP contribution in [0.1, 0.15) is 89.5 Å². The Balaban J connectivity index is 1.36. The molecule has 0 aliphatic heterocycles. The first-order valence-corrected chi connectivity index (χ1v) is 14.7. The van der Waals surface area contributed by atoms with E-state index >= 15 is 0 Å². The monoisotopic (exact) mass is 538 g/mol. The van der Waals surface area contributed by atoms with E-state index in [9.17, 15) is 9.59 Å². The molecule has 6 rings (SSSR count). The number of nitrogens with zero attached hydrogens (tertiary/aromatic N) is 5. The van der Waals surface area contributed by atoms with Gasteiger partial charge in [-0.2, -0.15) is 5.10 Å². The smallest absolute Gasteiger partial charge is 0.407 e. The lowest BCUT2D eigenvalue weighted by Crippen LogP contribution is -2.49. The van der Waals surface area contributed by atoms with Gasteiger partial charge in [0.15, 0.2) is 22.9 Å². The molecule has 1 spiro atoms. The number of rotatable bonds is 4. The second-order valence-corrected chi connectivity index (χ2v) is 12.5. The van der Waals surface area contributed by atoms with Crippen LogP contribution in [0.15, 0.2) is 15.7 Å². The largest absolute Gasteiger partial charge is 0.444 e. The van der Waals surface area contributed by atoms with Crippen molar-refractivity contribution in [2.24, 2.45) is 0 Å². The summed E-state index contributed by atoms with van der Waals surface area (Å²) < 4.78 is 13.3. The van der Waals surface area contributed by atoms with Crippen LogP contribution < -0.4 is 5.32 Å². The van der Waals surface area contributed by atoms with E-state index in [2.05, 4.69) is 15.6 Å². The number of hydrogen-bond donors (Lipinski definition) is 1. The lowest BCUT2D eigenvalue weighted by Gasteiger charge is -2.37. The van der Waals surface area contributed by atoms with Gasteiger partial charge in [0.1, 0.15) is 16.4 Å². The number of carbonyl (C=O) groups is 2. The van der Waals surface area contributed by atoms with Crippen molar-refractivity contribution in [2.75, 3.05) is 6.26 Å². The third kappa shape index (κ3) is 4.19.